The van der Waals surface area contributed by atoms with Crippen molar-refractivity contribution >= 4 is 55.9 Å². The molecule has 7 nitrogen and oxygen atoms in total. The monoisotopic (exact) mass is 537 g/mol. The lowest BCUT2D eigenvalue weighted by Gasteiger charge is -2.12. The summed E-state index contributed by atoms with van der Waals surface area (Å²) in [5, 5.41) is 15.0. The normalized spacial score (nSPS) is 10.8. The first-order valence-electron chi connectivity index (χ1n) is 10.9. The fourth-order valence-electron chi connectivity index (χ4n) is 3.48. The van der Waals surface area contributed by atoms with E-state index < -0.39 is 0 Å². The first-order chi connectivity index (χ1) is 16.5. The van der Waals surface area contributed by atoms with Gasteiger partial charge in [-0.25, -0.2) is 0 Å². The van der Waals surface area contributed by atoms with Crippen LogP contribution in [0.15, 0.2) is 65.1 Å². The highest BCUT2D eigenvalue weighted by Gasteiger charge is 2.15. The zero-order valence-electron chi connectivity index (χ0n) is 18.8. The molecule has 0 radical (unpaired) electrons. The van der Waals surface area contributed by atoms with Gasteiger partial charge < -0.3 is 10.1 Å². The van der Waals surface area contributed by atoms with Crippen LogP contribution in [0.5, 0.6) is 5.75 Å². The number of halogens is 1. The average molecular weight is 538 g/mol. The summed E-state index contributed by atoms with van der Waals surface area (Å²) in [5.41, 5.74) is 4.75. The highest BCUT2D eigenvalue weighted by atomic mass is 79.9. The predicted molar refractivity (Wildman–Crippen MR) is 142 cm³/mol. The van der Waals surface area contributed by atoms with Gasteiger partial charge in [-0.2, -0.15) is 4.80 Å². The fourth-order valence-corrected chi connectivity index (χ4v) is 4.05. The Bertz CT molecular complexity index is 1340. The van der Waals surface area contributed by atoms with Crippen molar-refractivity contribution in [2.75, 3.05) is 12.4 Å². The number of unbranched alkanes of at least 4 members (excludes halogenated alkanes) is 1. The molecule has 0 aliphatic rings. The molecular weight excluding hydrogens is 514 g/mol. The molecule has 0 atom stereocenters. The second-order valence-electron chi connectivity index (χ2n) is 7.72. The molecule has 4 rings (SSSR count). The Labute approximate surface area is 211 Å². The molecule has 0 fully saturated rings. The predicted octanol–water partition coefficient (Wildman–Crippen LogP) is 5.66. The SMILES string of the molecule is CCCCc1ccc(-n2nc3ccc(NC(=S)NC(=O)c4cc(Br)ccc4OC)cc3n2)cc1. The Kier molecular flexibility index (Phi) is 7.54. The van der Waals surface area contributed by atoms with Crippen LogP contribution in [-0.4, -0.2) is 33.1 Å². The smallest absolute Gasteiger partial charge is 0.261 e. The van der Waals surface area contributed by atoms with Crippen LogP contribution in [0.1, 0.15) is 35.7 Å². The number of benzene rings is 3. The van der Waals surface area contributed by atoms with Crippen LogP contribution in [0.4, 0.5) is 5.69 Å². The van der Waals surface area contributed by atoms with Crippen LogP contribution in [0.2, 0.25) is 0 Å². The molecular formula is C25H24BrN5O2S. The van der Waals surface area contributed by atoms with Gasteiger partial charge in [0.1, 0.15) is 16.8 Å². The second-order valence-corrected chi connectivity index (χ2v) is 9.04. The number of hydrogen-bond donors (Lipinski definition) is 2. The summed E-state index contributed by atoms with van der Waals surface area (Å²) in [6.07, 6.45) is 3.43. The Morgan fingerprint density at radius 2 is 1.82 bits per heavy atom. The van der Waals surface area contributed by atoms with Gasteiger partial charge in [-0.3, -0.25) is 10.1 Å². The maximum Gasteiger partial charge on any atom is 0.261 e. The highest BCUT2D eigenvalue weighted by molar-refractivity contribution is 9.10. The lowest BCUT2D eigenvalue weighted by molar-refractivity contribution is 0.0974. The van der Waals surface area contributed by atoms with Gasteiger partial charge in [-0.05, 0) is 79.2 Å². The lowest BCUT2D eigenvalue weighted by Crippen LogP contribution is -2.34. The molecule has 3 aromatic carbocycles. The van der Waals surface area contributed by atoms with E-state index in [4.69, 9.17) is 17.0 Å². The molecule has 4 aromatic rings. The van der Waals surface area contributed by atoms with Gasteiger partial charge >= 0.3 is 0 Å². The number of nitrogens with zero attached hydrogens (tertiary/aromatic N) is 3. The summed E-state index contributed by atoms with van der Waals surface area (Å²) >= 11 is 8.70. The molecule has 1 aromatic heterocycles. The summed E-state index contributed by atoms with van der Waals surface area (Å²) in [4.78, 5) is 14.3. The van der Waals surface area contributed by atoms with E-state index in [1.807, 2.05) is 30.3 Å². The first-order valence-corrected chi connectivity index (χ1v) is 12.1. The molecule has 1 amide bonds. The minimum absolute atomic E-state index is 0.168. The third-order valence-corrected chi connectivity index (χ3v) is 5.96. The molecule has 0 unspecified atom stereocenters. The molecule has 0 saturated heterocycles. The molecule has 174 valence electrons. The van der Waals surface area contributed by atoms with Gasteiger partial charge in [0.15, 0.2) is 5.11 Å². The lowest BCUT2D eigenvalue weighted by atomic mass is 10.1. The number of amides is 1. The first kappa shape index (κ1) is 23.8. The number of ether oxygens (including phenoxy) is 1. The average Bonchev–Trinajstić information content (AvgIpc) is 3.26. The summed E-state index contributed by atoms with van der Waals surface area (Å²) in [6.45, 7) is 2.19. The van der Waals surface area contributed by atoms with Crippen LogP contribution < -0.4 is 15.4 Å². The van der Waals surface area contributed by atoms with Gasteiger partial charge in [-0.15, -0.1) is 10.2 Å². The van der Waals surface area contributed by atoms with Crippen molar-refractivity contribution in [1.29, 1.82) is 0 Å². The van der Waals surface area contributed by atoms with Crippen molar-refractivity contribution in [3.63, 3.8) is 0 Å². The van der Waals surface area contributed by atoms with Gasteiger partial charge in [0, 0.05) is 10.2 Å². The Morgan fingerprint density at radius 3 is 2.56 bits per heavy atom. The van der Waals surface area contributed by atoms with Gasteiger partial charge in [-0.1, -0.05) is 41.4 Å². The third kappa shape index (κ3) is 5.60. The molecule has 34 heavy (non-hydrogen) atoms. The maximum absolute atomic E-state index is 12.7. The van der Waals surface area contributed by atoms with Gasteiger partial charge in [0.05, 0.1) is 18.4 Å². The Hall–Kier alpha value is -3.30. The zero-order valence-corrected chi connectivity index (χ0v) is 21.2. The van der Waals surface area contributed by atoms with E-state index in [2.05, 4.69) is 55.8 Å². The van der Waals surface area contributed by atoms with E-state index >= 15 is 0 Å². The number of hydrogen-bond acceptors (Lipinski definition) is 5. The quantitative estimate of drug-likeness (QED) is 0.296. The molecule has 9 heteroatoms. The molecule has 0 aliphatic heterocycles. The van der Waals surface area contributed by atoms with Crippen molar-refractivity contribution in [3.8, 4) is 11.4 Å². The zero-order chi connectivity index (χ0) is 24.1. The number of aromatic nitrogens is 3. The maximum atomic E-state index is 12.7. The van der Waals surface area contributed by atoms with Crippen LogP contribution in [0.25, 0.3) is 16.7 Å². The van der Waals surface area contributed by atoms with Crippen molar-refractivity contribution in [1.82, 2.24) is 20.3 Å². The van der Waals surface area contributed by atoms with E-state index in [1.165, 1.54) is 25.5 Å². The summed E-state index contributed by atoms with van der Waals surface area (Å²) in [5.74, 6) is 0.0880. The van der Waals surface area contributed by atoms with Gasteiger partial charge in [0.2, 0.25) is 0 Å². The number of thiocarbonyl (C=S) groups is 1. The van der Waals surface area contributed by atoms with Crippen molar-refractivity contribution in [2.45, 2.75) is 26.2 Å². The standard InChI is InChI=1S/C25H24BrN5O2S/c1-3-4-5-16-6-10-19(11-7-16)31-29-21-12-9-18(15-22(21)30-31)27-25(34)28-24(32)20-14-17(26)8-13-23(20)33-2/h6-15H,3-5H2,1-2H3,(H2,27,28,32,34). The number of methoxy groups -OCH3 is 1. The molecule has 0 bridgehead atoms. The number of rotatable bonds is 7. The highest BCUT2D eigenvalue weighted by Crippen LogP contribution is 2.23. The van der Waals surface area contributed by atoms with Crippen LogP contribution in [0.3, 0.4) is 0 Å². The summed E-state index contributed by atoms with van der Waals surface area (Å²) in [7, 11) is 1.51. The fraction of sp³-hybridized carbons (Fsp3) is 0.200. The van der Waals surface area contributed by atoms with Crippen LogP contribution in [-0.2, 0) is 6.42 Å². The van der Waals surface area contributed by atoms with Crippen molar-refractivity contribution in [2.24, 2.45) is 0 Å². The van der Waals surface area contributed by atoms with Gasteiger partial charge in [0.25, 0.3) is 5.91 Å². The molecule has 2 N–H and O–H groups in total. The summed E-state index contributed by atoms with van der Waals surface area (Å²) in [6, 6.07) is 19.0. The molecule has 1 heterocycles. The molecule has 0 saturated carbocycles. The van der Waals surface area contributed by atoms with Crippen LogP contribution in [0, 0.1) is 0 Å². The van der Waals surface area contributed by atoms with E-state index in [-0.39, 0.29) is 11.0 Å². The van der Waals surface area contributed by atoms with Crippen molar-refractivity contribution in [3.05, 3.63) is 76.3 Å². The molecule has 0 spiro atoms. The van der Waals surface area contributed by atoms with Crippen molar-refractivity contribution < 1.29 is 9.53 Å². The number of anilines is 1. The third-order valence-electron chi connectivity index (χ3n) is 5.26. The Morgan fingerprint density at radius 1 is 1.06 bits per heavy atom. The number of carbonyl (C=O) groups excluding carboxylic acids is 1. The largest absolute Gasteiger partial charge is 0.496 e. The second kappa shape index (κ2) is 10.8. The number of carbonyl (C=O) groups is 1. The number of nitrogens with one attached hydrogen (secondary N) is 2. The van der Waals surface area contributed by atoms with E-state index in [1.54, 1.807) is 23.0 Å². The van der Waals surface area contributed by atoms with Crippen LogP contribution >= 0.6 is 28.1 Å². The van der Waals surface area contributed by atoms with E-state index in [0.29, 0.717) is 22.5 Å². The summed E-state index contributed by atoms with van der Waals surface area (Å²) < 4.78 is 6.03. The molecule has 0 aliphatic carbocycles. The Balaban J connectivity index is 1.45. The van der Waals surface area contributed by atoms with E-state index in [9.17, 15) is 4.79 Å². The minimum atomic E-state index is -0.370. The minimum Gasteiger partial charge on any atom is -0.496 e. The van der Waals surface area contributed by atoms with E-state index in [0.717, 1.165) is 22.1 Å². The topological polar surface area (TPSA) is 81.1 Å². The number of aryl methyl sites for hydroxylation is 1. The number of fused-ring (bicyclic) bond motifs is 1.